The second kappa shape index (κ2) is 8.94. The van der Waals surface area contributed by atoms with Crippen LogP contribution in [0.15, 0.2) is 61.2 Å². The molecule has 0 saturated carbocycles. The summed E-state index contributed by atoms with van der Waals surface area (Å²) in [6.45, 7) is 7.55. The quantitative estimate of drug-likeness (QED) is 0.538. The lowest BCUT2D eigenvalue weighted by molar-refractivity contribution is -0.146. The van der Waals surface area contributed by atoms with Crippen molar-refractivity contribution in [3.63, 3.8) is 0 Å². The molecule has 0 radical (unpaired) electrons. The van der Waals surface area contributed by atoms with Gasteiger partial charge in [-0.2, -0.15) is 0 Å². The van der Waals surface area contributed by atoms with Gasteiger partial charge in [-0.15, -0.1) is 0 Å². The van der Waals surface area contributed by atoms with Crippen LogP contribution in [0.5, 0.6) is 0 Å². The molecule has 1 unspecified atom stereocenters. The van der Waals surface area contributed by atoms with Gasteiger partial charge < -0.3 is 9.47 Å². The maximum Gasteiger partial charge on any atom is 0.303 e. The molecule has 1 atom stereocenters. The van der Waals surface area contributed by atoms with Gasteiger partial charge in [-0.25, -0.2) is 0 Å². The van der Waals surface area contributed by atoms with Gasteiger partial charge in [-0.3, -0.25) is 9.59 Å². The number of esters is 1. The molecule has 130 valence electrons. The normalized spacial score (nSPS) is 11.6. The van der Waals surface area contributed by atoms with Gasteiger partial charge >= 0.3 is 5.97 Å². The van der Waals surface area contributed by atoms with Crippen LogP contribution >= 0.6 is 0 Å². The molecule has 0 aliphatic rings. The Morgan fingerprint density at radius 3 is 2.12 bits per heavy atom. The van der Waals surface area contributed by atoms with Crippen LogP contribution in [0, 0.1) is 0 Å². The number of benzene rings is 2. The van der Waals surface area contributed by atoms with E-state index in [-0.39, 0.29) is 12.4 Å². The molecule has 2 aromatic carbocycles. The number of hydrogen-bond donors (Lipinski definition) is 0. The first-order valence-electron chi connectivity index (χ1n) is 8.06. The molecule has 2 aromatic rings. The summed E-state index contributed by atoms with van der Waals surface area (Å²) in [5.74, 6) is -0.394. The molecule has 0 heterocycles. The van der Waals surface area contributed by atoms with E-state index in [1.807, 2.05) is 30.3 Å². The summed E-state index contributed by atoms with van der Waals surface area (Å²) in [6.07, 6.45) is -0.579. The van der Waals surface area contributed by atoms with Crippen LogP contribution in [0.3, 0.4) is 0 Å². The van der Waals surface area contributed by atoms with Crippen molar-refractivity contribution in [3.8, 4) is 0 Å². The van der Waals surface area contributed by atoms with Crippen molar-refractivity contribution in [2.24, 2.45) is 0 Å². The Morgan fingerprint density at radius 1 is 0.960 bits per heavy atom. The van der Waals surface area contributed by atoms with E-state index in [4.69, 9.17) is 9.47 Å². The number of carbonyl (C=O) groups is 2. The number of Topliss-reactive ketones (excluding diaryl/α,β-unsaturated/α-hetero) is 1. The minimum Gasteiger partial charge on any atom is -0.455 e. The van der Waals surface area contributed by atoms with Crippen LogP contribution in [0.4, 0.5) is 0 Å². The van der Waals surface area contributed by atoms with E-state index in [0.29, 0.717) is 17.7 Å². The molecule has 0 aromatic heterocycles. The summed E-state index contributed by atoms with van der Waals surface area (Å²) in [6, 6.07) is 16.8. The molecule has 0 fully saturated rings. The summed E-state index contributed by atoms with van der Waals surface area (Å²) in [5, 5.41) is 0. The third-order valence-electron chi connectivity index (χ3n) is 3.74. The fourth-order valence-electron chi connectivity index (χ4n) is 2.37. The average Bonchev–Trinajstić information content (AvgIpc) is 2.61. The highest BCUT2D eigenvalue weighted by Gasteiger charge is 2.18. The SMILES string of the molecule is C=C(c1ccc(C(C)=O)cc1)C(COCc1ccccc1)OC(C)=O. The van der Waals surface area contributed by atoms with E-state index in [2.05, 4.69) is 6.58 Å². The molecule has 25 heavy (non-hydrogen) atoms. The minimum absolute atomic E-state index is 0.0000994. The van der Waals surface area contributed by atoms with Crippen molar-refractivity contribution in [3.05, 3.63) is 77.9 Å². The zero-order chi connectivity index (χ0) is 18.2. The maximum atomic E-state index is 11.4. The highest BCUT2D eigenvalue weighted by molar-refractivity contribution is 5.94. The number of rotatable bonds is 8. The Labute approximate surface area is 148 Å². The first-order valence-corrected chi connectivity index (χ1v) is 8.06. The summed E-state index contributed by atoms with van der Waals surface area (Å²) >= 11 is 0. The van der Waals surface area contributed by atoms with Crippen LogP contribution in [-0.2, 0) is 20.9 Å². The topological polar surface area (TPSA) is 52.6 Å². The average molecular weight is 338 g/mol. The van der Waals surface area contributed by atoms with Crippen molar-refractivity contribution in [1.82, 2.24) is 0 Å². The van der Waals surface area contributed by atoms with E-state index in [1.54, 1.807) is 24.3 Å². The summed E-state index contributed by atoms with van der Waals surface area (Å²) in [4.78, 5) is 22.8. The molecule has 0 bridgehead atoms. The van der Waals surface area contributed by atoms with E-state index < -0.39 is 12.1 Å². The van der Waals surface area contributed by atoms with Crippen molar-refractivity contribution in [2.75, 3.05) is 6.61 Å². The molecule has 0 aliphatic carbocycles. The van der Waals surface area contributed by atoms with Gasteiger partial charge in [-0.1, -0.05) is 61.2 Å². The summed E-state index contributed by atoms with van der Waals surface area (Å²) in [5.41, 5.74) is 3.11. The fourth-order valence-corrected chi connectivity index (χ4v) is 2.37. The van der Waals surface area contributed by atoms with Crippen LogP contribution in [-0.4, -0.2) is 24.5 Å². The molecule has 0 saturated heterocycles. The van der Waals surface area contributed by atoms with Crippen LogP contribution in [0.1, 0.15) is 35.3 Å². The molecule has 0 amide bonds. The van der Waals surface area contributed by atoms with Crippen molar-refractivity contribution in [1.29, 1.82) is 0 Å². The lowest BCUT2D eigenvalue weighted by atomic mass is 10.00. The van der Waals surface area contributed by atoms with Gasteiger partial charge in [-0.05, 0) is 23.6 Å². The lowest BCUT2D eigenvalue weighted by Crippen LogP contribution is -2.23. The van der Waals surface area contributed by atoms with E-state index in [0.717, 1.165) is 11.1 Å². The minimum atomic E-state index is -0.579. The zero-order valence-corrected chi connectivity index (χ0v) is 14.5. The van der Waals surface area contributed by atoms with Crippen molar-refractivity contribution in [2.45, 2.75) is 26.6 Å². The highest BCUT2D eigenvalue weighted by Crippen LogP contribution is 2.21. The first-order chi connectivity index (χ1) is 12.0. The van der Waals surface area contributed by atoms with Crippen LogP contribution < -0.4 is 0 Å². The molecule has 0 aliphatic heterocycles. The van der Waals surface area contributed by atoms with E-state index in [1.165, 1.54) is 13.8 Å². The van der Waals surface area contributed by atoms with Gasteiger partial charge in [0.2, 0.25) is 0 Å². The Kier molecular flexibility index (Phi) is 6.66. The molecular formula is C21H22O4. The number of hydrogen-bond acceptors (Lipinski definition) is 4. The van der Waals surface area contributed by atoms with Gasteiger partial charge in [0.05, 0.1) is 13.2 Å². The molecular weight excluding hydrogens is 316 g/mol. The second-order valence-corrected chi connectivity index (χ2v) is 5.76. The lowest BCUT2D eigenvalue weighted by Gasteiger charge is -2.20. The molecule has 0 spiro atoms. The number of carbonyl (C=O) groups excluding carboxylic acids is 2. The standard InChI is InChI=1S/C21H22O4/c1-15(19-9-11-20(12-10-19)16(2)22)21(25-17(3)23)14-24-13-18-7-5-4-6-8-18/h4-12,21H,1,13-14H2,2-3H3. The fraction of sp³-hybridized carbons (Fsp3) is 0.238. The Bertz CT molecular complexity index is 732. The van der Waals surface area contributed by atoms with Gasteiger partial charge in [0.15, 0.2) is 11.9 Å². The summed E-state index contributed by atoms with van der Waals surface area (Å²) < 4.78 is 11.0. The largest absolute Gasteiger partial charge is 0.455 e. The van der Waals surface area contributed by atoms with E-state index >= 15 is 0 Å². The number of ether oxygens (including phenoxy) is 2. The Balaban J connectivity index is 2.03. The number of ketones is 1. The van der Waals surface area contributed by atoms with Crippen molar-refractivity contribution >= 4 is 17.3 Å². The monoisotopic (exact) mass is 338 g/mol. The third kappa shape index (κ3) is 5.69. The predicted molar refractivity (Wildman–Crippen MR) is 97.1 cm³/mol. The molecule has 2 rings (SSSR count). The molecule has 4 heteroatoms. The summed E-state index contributed by atoms with van der Waals surface area (Å²) in [7, 11) is 0. The Morgan fingerprint density at radius 2 is 1.56 bits per heavy atom. The predicted octanol–water partition coefficient (Wildman–Crippen LogP) is 4.05. The van der Waals surface area contributed by atoms with Gasteiger partial charge in [0, 0.05) is 12.5 Å². The first kappa shape index (κ1) is 18.6. The van der Waals surface area contributed by atoms with Crippen LogP contribution in [0.25, 0.3) is 5.57 Å². The molecule has 0 N–H and O–H groups in total. The van der Waals surface area contributed by atoms with Crippen molar-refractivity contribution < 1.29 is 19.1 Å². The van der Waals surface area contributed by atoms with Gasteiger partial charge in [0.1, 0.15) is 0 Å². The van der Waals surface area contributed by atoms with E-state index in [9.17, 15) is 9.59 Å². The Hall–Kier alpha value is -2.72. The third-order valence-corrected chi connectivity index (χ3v) is 3.74. The molecule has 4 nitrogen and oxygen atoms in total. The van der Waals surface area contributed by atoms with Gasteiger partial charge in [0.25, 0.3) is 0 Å². The smallest absolute Gasteiger partial charge is 0.303 e. The highest BCUT2D eigenvalue weighted by atomic mass is 16.6. The maximum absolute atomic E-state index is 11.4. The second-order valence-electron chi connectivity index (χ2n) is 5.76. The van der Waals surface area contributed by atoms with Crippen LogP contribution in [0.2, 0.25) is 0 Å². The zero-order valence-electron chi connectivity index (χ0n) is 14.5.